The Bertz CT molecular complexity index is 1290. The van der Waals surface area contributed by atoms with Crippen LogP contribution in [0.15, 0.2) is 42.7 Å². The van der Waals surface area contributed by atoms with E-state index in [9.17, 15) is 19.5 Å². The summed E-state index contributed by atoms with van der Waals surface area (Å²) in [5, 5.41) is 16.2. The third-order valence-electron chi connectivity index (χ3n) is 8.98. The lowest BCUT2D eigenvalue weighted by Crippen LogP contribution is -2.48. The Hall–Kier alpha value is -3.70. The van der Waals surface area contributed by atoms with Crippen LogP contribution in [-0.4, -0.2) is 95.4 Å². The average Bonchev–Trinajstić information content (AvgIpc) is 3.06. The van der Waals surface area contributed by atoms with Crippen molar-refractivity contribution >= 4 is 23.5 Å². The number of aromatic nitrogens is 1. The molecule has 1 aliphatic heterocycles. The van der Waals surface area contributed by atoms with Crippen LogP contribution in [0.5, 0.6) is 5.75 Å². The minimum atomic E-state index is -0.504. The van der Waals surface area contributed by atoms with E-state index in [1.165, 1.54) is 6.42 Å². The first kappa shape index (κ1) is 35.2. The topological polar surface area (TPSA) is 133 Å². The van der Waals surface area contributed by atoms with Gasteiger partial charge in [-0.05, 0) is 76.3 Å². The summed E-state index contributed by atoms with van der Waals surface area (Å²) in [7, 11) is 1.75. The standard InChI is InChI=1S/C35H51N5O6/c1-24-21-40(25(2)23-41)34(43)30-20-29(38-35(44)37-28-11-6-5-7-12-28)13-14-31(30)46-26(3)10-8-9-19-45-32(24)22-39(4)33(42)27-15-17-36-18-16-27/h13-18,20,24-26,28,32,41H,5-12,19,21-23H2,1-4H3,(H2,37,38,44)/t24-,25-,26-,32-/m0/s1. The SMILES string of the molecule is C[C@H]1CCCCO[C@@H](CN(C)C(=O)c2ccncc2)[C@@H](C)CN([C@@H](C)CO)C(=O)c2cc(NC(=O)NC3CCCCC3)ccc2O1. The van der Waals surface area contributed by atoms with E-state index in [0.29, 0.717) is 35.7 Å². The molecule has 1 aromatic heterocycles. The normalized spacial score (nSPS) is 22.5. The minimum Gasteiger partial charge on any atom is -0.490 e. The van der Waals surface area contributed by atoms with Gasteiger partial charge in [-0.2, -0.15) is 0 Å². The Morgan fingerprint density at radius 2 is 1.78 bits per heavy atom. The van der Waals surface area contributed by atoms with Gasteiger partial charge in [0, 0.05) is 62.3 Å². The molecule has 0 unspecified atom stereocenters. The number of urea groups is 1. The molecule has 2 heterocycles. The van der Waals surface area contributed by atoms with E-state index in [4.69, 9.17) is 9.47 Å². The van der Waals surface area contributed by atoms with Crippen LogP contribution < -0.4 is 15.4 Å². The molecule has 2 aromatic rings. The third kappa shape index (κ3) is 9.90. The summed E-state index contributed by atoms with van der Waals surface area (Å²) in [6.45, 7) is 6.65. The van der Waals surface area contributed by atoms with Crippen molar-refractivity contribution in [2.75, 3.05) is 38.7 Å². The number of fused-ring (bicyclic) bond motifs is 1. The summed E-state index contributed by atoms with van der Waals surface area (Å²) in [6, 6.07) is 7.87. The second-order valence-electron chi connectivity index (χ2n) is 12.9. The van der Waals surface area contributed by atoms with E-state index < -0.39 is 6.04 Å². The van der Waals surface area contributed by atoms with Gasteiger partial charge in [-0.3, -0.25) is 14.6 Å². The molecule has 11 heteroatoms. The summed E-state index contributed by atoms with van der Waals surface area (Å²) >= 11 is 0. The Kier molecular flexibility index (Phi) is 13.2. The molecule has 0 radical (unpaired) electrons. The van der Waals surface area contributed by atoms with Crippen molar-refractivity contribution < 1.29 is 29.0 Å². The Labute approximate surface area is 273 Å². The van der Waals surface area contributed by atoms with E-state index in [1.807, 2.05) is 13.8 Å². The van der Waals surface area contributed by atoms with Crippen molar-refractivity contribution in [1.29, 1.82) is 0 Å². The molecule has 0 saturated heterocycles. The predicted octanol–water partition coefficient (Wildman–Crippen LogP) is 5.10. The summed E-state index contributed by atoms with van der Waals surface area (Å²) in [5.41, 5.74) is 1.34. The average molecular weight is 638 g/mol. The van der Waals surface area contributed by atoms with E-state index in [-0.39, 0.29) is 55.2 Å². The molecule has 1 fully saturated rings. The van der Waals surface area contributed by atoms with Gasteiger partial charge in [0.15, 0.2) is 0 Å². The quantitative estimate of drug-likeness (QED) is 0.385. The maximum absolute atomic E-state index is 14.3. The number of carbonyl (C=O) groups is 3. The second kappa shape index (κ2) is 17.3. The Morgan fingerprint density at radius 1 is 1.07 bits per heavy atom. The number of amides is 4. The maximum atomic E-state index is 14.3. The van der Waals surface area contributed by atoms with Crippen molar-refractivity contribution in [3.63, 3.8) is 0 Å². The Balaban J connectivity index is 1.58. The molecule has 4 atom stereocenters. The predicted molar refractivity (Wildman–Crippen MR) is 177 cm³/mol. The fraction of sp³-hybridized carbons (Fsp3) is 0.600. The number of hydrogen-bond donors (Lipinski definition) is 3. The van der Waals surface area contributed by atoms with Crippen LogP contribution in [0.3, 0.4) is 0 Å². The van der Waals surface area contributed by atoms with Crippen LogP contribution >= 0.6 is 0 Å². The number of likely N-dealkylation sites (N-methyl/N-ethyl adjacent to an activating group) is 1. The molecule has 0 bridgehead atoms. The number of nitrogens with one attached hydrogen (secondary N) is 2. The lowest BCUT2D eigenvalue weighted by atomic mass is 9.96. The molecular formula is C35H51N5O6. The lowest BCUT2D eigenvalue weighted by Gasteiger charge is -2.36. The molecule has 252 valence electrons. The molecule has 1 aliphatic carbocycles. The van der Waals surface area contributed by atoms with Gasteiger partial charge in [-0.1, -0.05) is 26.2 Å². The van der Waals surface area contributed by atoms with E-state index in [0.717, 1.165) is 44.9 Å². The van der Waals surface area contributed by atoms with Crippen LogP contribution in [0.2, 0.25) is 0 Å². The third-order valence-corrected chi connectivity index (χ3v) is 8.98. The van der Waals surface area contributed by atoms with Gasteiger partial charge in [-0.25, -0.2) is 4.79 Å². The van der Waals surface area contributed by atoms with Gasteiger partial charge >= 0.3 is 6.03 Å². The number of rotatable bonds is 7. The molecule has 4 amide bonds. The zero-order valence-corrected chi connectivity index (χ0v) is 27.7. The zero-order chi connectivity index (χ0) is 33.1. The number of ether oxygens (including phenoxy) is 2. The molecular weight excluding hydrogens is 586 g/mol. The summed E-state index contributed by atoms with van der Waals surface area (Å²) in [4.78, 5) is 47.6. The highest BCUT2D eigenvalue weighted by Crippen LogP contribution is 2.29. The molecule has 2 aliphatic rings. The van der Waals surface area contributed by atoms with Crippen molar-refractivity contribution in [1.82, 2.24) is 20.1 Å². The van der Waals surface area contributed by atoms with Gasteiger partial charge in [0.25, 0.3) is 11.8 Å². The summed E-state index contributed by atoms with van der Waals surface area (Å²) < 4.78 is 12.7. The first-order valence-electron chi connectivity index (χ1n) is 16.7. The fourth-order valence-electron chi connectivity index (χ4n) is 6.13. The van der Waals surface area contributed by atoms with Crippen LogP contribution in [0.4, 0.5) is 10.5 Å². The second-order valence-corrected chi connectivity index (χ2v) is 12.9. The van der Waals surface area contributed by atoms with Crippen molar-refractivity contribution in [2.45, 2.75) is 96.4 Å². The van der Waals surface area contributed by atoms with Crippen LogP contribution in [0, 0.1) is 5.92 Å². The number of benzene rings is 1. The molecule has 0 spiro atoms. The summed E-state index contributed by atoms with van der Waals surface area (Å²) in [5.74, 6) is -0.198. The number of nitrogens with zero attached hydrogens (tertiary/aromatic N) is 3. The largest absolute Gasteiger partial charge is 0.490 e. The van der Waals surface area contributed by atoms with Crippen LogP contribution in [0.25, 0.3) is 0 Å². The Morgan fingerprint density at radius 3 is 2.50 bits per heavy atom. The highest BCUT2D eigenvalue weighted by Gasteiger charge is 2.31. The number of hydrogen-bond acceptors (Lipinski definition) is 7. The van der Waals surface area contributed by atoms with Gasteiger partial charge < -0.3 is 35.0 Å². The highest BCUT2D eigenvalue weighted by atomic mass is 16.5. The monoisotopic (exact) mass is 637 g/mol. The molecule has 4 rings (SSSR count). The lowest BCUT2D eigenvalue weighted by molar-refractivity contribution is -0.0149. The zero-order valence-electron chi connectivity index (χ0n) is 27.7. The van der Waals surface area contributed by atoms with Crippen molar-refractivity contribution in [3.05, 3.63) is 53.9 Å². The smallest absolute Gasteiger partial charge is 0.319 e. The molecule has 46 heavy (non-hydrogen) atoms. The van der Waals surface area contributed by atoms with Gasteiger partial charge in [0.1, 0.15) is 5.75 Å². The molecule has 11 nitrogen and oxygen atoms in total. The van der Waals surface area contributed by atoms with E-state index in [2.05, 4.69) is 15.6 Å². The number of pyridine rings is 1. The number of carbonyl (C=O) groups excluding carboxylic acids is 3. The molecule has 3 N–H and O–H groups in total. The van der Waals surface area contributed by atoms with Gasteiger partial charge in [0.05, 0.1) is 30.4 Å². The number of anilines is 1. The first-order valence-corrected chi connectivity index (χ1v) is 16.7. The van der Waals surface area contributed by atoms with Gasteiger partial charge in [0.2, 0.25) is 0 Å². The summed E-state index contributed by atoms with van der Waals surface area (Å²) in [6.07, 6.45) is 10.4. The first-order chi connectivity index (χ1) is 22.2. The van der Waals surface area contributed by atoms with Crippen molar-refractivity contribution in [3.8, 4) is 5.75 Å². The molecule has 1 aromatic carbocycles. The van der Waals surface area contributed by atoms with Crippen LogP contribution in [0.1, 0.15) is 92.9 Å². The van der Waals surface area contributed by atoms with Crippen LogP contribution in [-0.2, 0) is 4.74 Å². The van der Waals surface area contributed by atoms with Gasteiger partial charge in [-0.15, -0.1) is 0 Å². The minimum absolute atomic E-state index is 0.137. The number of aliphatic hydroxyl groups is 1. The van der Waals surface area contributed by atoms with Crippen molar-refractivity contribution in [2.24, 2.45) is 5.92 Å². The molecule has 1 saturated carbocycles. The highest BCUT2D eigenvalue weighted by molar-refractivity contribution is 5.99. The fourth-order valence-corrected chi connectivity index (χ4v) is 6.13. The van der Waals surface area contributed by atoms with E-state index in [1.54, 1.807) is 66.5 Å². The van der Waals surface area contributed by atoms with E-state index >= 15 is 0 Å². The maximum Gasteiger partial charge on any atom is 0.319 e. The number of aliphatic hydroxyl groups excluding tert-OH is 1.